The van der Waals surface area contributed by atoms with E-state index >= 15 is 0 Å². The van der Waals surface area contributed by atoms with Crippen LogP contribution in [-0.4, -0.2) is 30.4 Å². The van der Waals surface area contributed by atoms with Gasteiger partial charge in [0.05, 0.1) is 13.1 Å². The number of benzene rings is 1. The topological polar surface area (TPSA) is 67.6 Å². The van der Waals surface area contributed by atoms with Crippen LogP contribution in [0.3, 0.4) is 0 Å². The predicted molar refractivity (Wildman–Crippen MR) is 73.6 cm³/mol. The molecule has 6 heteroatoms. The SMILES string of the molecule is Cc1cccc(N2C[C@H](CNC(N)=S)OC2=O)c1. The highest BCUT2D eigenvalue weighted by molar-refractivity contribution is 7.80. The number of nitrogens with one attached hydrogen (secondary N) is 1. The average Bonchev–Trinajstić information content (AvgIpc) is 2.68. The third-order valence-corrected chi connectivity index (χ3v) is 2.84. The molecule has 1 heterocycles. The summed E-state index contributed by atoms with van der Waals surface area (Å²) in [4.78, 5) is 13.4. The molecule has 1 atom stereocenters. The zero-order valence-corrected chi connectivity index (χ0v) is 10.9. The van der Waals surface area contributed by atoms with E-state index in [0.29, 0.717) is 13.1 Å². The number of aryl methyl sites for hydroxylation is 1. The van der Waals surface area contributed by atoms with Gasteiger partial charge in [-0.2, -0.15) is 0 Å². The summed E-state index contributed by atoms with van der Waals surface area (Å²) in [5.41, 5.74) is 7.28. The van der Waals surface area contributed by atoms with Crippen molar-refractivity contribution in [2.45, 2.75) is 13.0 Å². The van der Waals surface area contributed by atoms with Crippen molar-refractivity contribution in [2.24, 2.45) is 5.73 Å². The van der Waals surface area contributed by atoms with Gasteiger partial charge in [-0.3, -0.25) is 4.90 Å². The molecule has 1 fully saturated rings. The number of nitrogens with two attached hydrogens (primary N) is 1. The van der Waals surface area contributed by atoms with E-state index in [0.717, 1.165) is 11.3 Å². The van der Waals surface area contributed by atoms with Crippen LogP contribution in [0.25, 0.3) is 0 Å². The predicted octanol–water partition coefficient (Wildman–Crippen LogP) is 1.15. The van der Waals surface area contributed by atoms with Crippen molar-refractivity contribution in [3.8, 4) is 0 Å². The molecular weight excluding hydrogens is 250 g/mol. The Morgan fingerprint density at radius 2 is 2.44 bits per heavy atom. The summed E-state index contributed by atoms with van der Waals surface area (Å²) in [6.07, 6.45) is -0.574. The number of anilines is 1. The van der Waals surface area contributed by atoms with Crippen LogP contribution in [0.4, 0.5) is 10.5 Å². The molecule has 1 saturated heterocycles. The quantitative estimate of drug-likeness (QED) is 0.803. The van der Waals surface area contributed by atoms with Gasteiger partial charge in [-0.05, 0) is 36.8 Å². The van der Waals surface area contributed by atoms with Gasteiger partial charge in [0.15, 0.2) is 5.11 Å². The van der Waals surface area contributed by atoms with Crippen molar-refractivity contribution >= 4 is 29.1 Å². The molecule has 0 aromatic heterocycles. The molecule has 96 valence electrons. The first kappa shape index (κ1) is 12.6. The Balaban J connectivity index is 2.03. The summed E-state index contributed by atoms with van der Waals surface area (Å²) in [5.74, 6) is 0. The number of thiocarbonyl (C=S) groups is 1. The van der Waals surface area contributed by atoms with Gasteiger partial charge >= 0.3 is 6.09 Å². The van der Waals surface area contributed by atoms with Crippen LogP contribution in [0.15, 0.2) is 24.3 Å². The number of carbonyl (C=O) groups excluding carboxylic acids is 1. The van der Waals surface area contributed by atoms with Crippen LogP contribution in [0.2, 0.25) is 0 Å². The lowest BCUT2D eigenvalue weighted by atomic mass is 10.2. The molecule has 0 spiro atoms. The van der Waals surface area contributed by atoms with Gasteiger partial charge in [0.1, 0.15) is 6.10 Å². The summed E-state index contributed by atoms with van der Waals surface area (Å²) >= 11 is 4.71. The van der Waals surface area contributed by atoms with Gasteiger partial charge in [-0.25, -0.2) is 4.79 Å². The van der Waals surface area contributed by atoms with E-state index in [4.69, 9.17) is 22.7 Å². The lowest BCUT2D eigenvalue weighted by Crippen LogP contribution is -2.37. The standard InChI is InChI=1S/C12H15N3O2S/c1-8-3-2-4-9(5-8)15-7-10(17-12(15)16)6-14-11(13)18/h2-5,10H,6-7H2,1H3,(H3,13,14,18)/t10-/m0/s1. The van der Waals surface area contributed by atoms with Crippen molar-refractivity contribution in [2.75, 3.05) is 18.0 Å². The van der Waals surface area contributed by atoms with Crippen LogP contribution >= 0.6 is 12.2 Å². The minimum Gasteiger partial charge on any atom is -0.442 e. The minimum absolute atomic E-state index is 0.208. The molecule has 0 unspecified atom stereocenters. The second kappa shape index (κ2) is 5.22. The molecule has 0 bridgehead atoms. The van der Waals surface area contributed by atoms with Gasteiger partial charge < -0.3 is 15.8 Å². The first-order valence-corrected chi connectivity index (χ1v) is 6.05. The number of cyclic esters (lactones) is 1. The Morgan fingerprint density at radius 1 is 1.67 bits per heavy atom. The highest BCUT2D eigenvalue weighted by Gasteiger charge is 2.32. The number of carbonyl (C=O) groups is 1. The zero-order chi connectivity index (χ0) is 13.1. The highest BCUT2D eigenvalue weighted by Crippen LogP contribution is 2.22. The summed E-state index contributed by atoms with van der Waals surface area (Å²) in [7, 11) is 0. The minimum atomic E-state index is -0.338. The Kier molecular flexibility index (Phi) is 3.66. The number of rotatable bonds is 3. The number of nitrogens with zero attached hydrogens (tertiary/aromatic N) is 1. The fourth-order valence-corrected chi connectivity index (χ4v) is 1.93. The molecule has 0 saturated carbocycles. The largest absolute Gasteiger partial charge is 0.442 e. The molecule has 1 aromatic rings. The zero-order valence-electron chi connectivity index (χ0n) is 10.1. The van der Waals surface area contributed by atoms with Gasteiger partial charge in [0, 0.05) is 5.69 Å². The summed E-state index contributed by atoms with van der Waals surface area (Å²) in [6, 6.07) is 7.73. The normalized spacial score (nSPS) is 18.6. The summed E-state index contributed by atoms with van der Waals surface area (Å²) in [5, 5.41) is 3.01. The molecule has 2 rings (SSSR count). The highest BCUT2D eigenvalue weighted by atomic mass is 32.1. The molecule has 1 aliphatic heterocycles. The van der Waals surface area contributed by atoms with Crippen molar-refractivity contribution in [1.29, 1.82) is 0 Å². The van der Waals surface area contributed by atoms with Gasteiger partial charge in [0.2, 0.25) is 0 Å². The van der Waals surface area contributed by atoms with E-state index in [1.165, 1.54) is 0 Å². The lowest BCUT2D eigenvalue weighted by Gasteiger charge is -2.13. The van der Waals surface area contributed by atoms with Gasteiger partial charge in [-0.15, -0.1) is 0 Å². The van der Waals surface area contributed by atoms with Crippen LogP contribution in [-0.2, 0) is 4.74 Å². The second-order valence-corrected chi connectivity index (χ2v) is 4.64. The van der Waals surface area contributed by atoms with Crippen molar-refractivity contribution in [3.05, 3.63) is 29.8 Å². The molecule has 1 aromatic carbocycles. The van der Waals surface area contributed by atoms with Crippen LogP contribution in [0, 0.1) is 6.92 Å². The van der Waals surface area contributed by atoms with Gasteiger partial charge in [0.25, 0.3) is 0 Å². The maximum absolute atomic E-state index is 11.8. The Labute approximate surface area is 111 Å². The third-order valence-electron chi connectivity index (χ3n) is 2.69. The fourth-order valence-electron chi connectivity index (χ4n) is 1.85. The Bertz CT molecular complexity index is 478. The third kappa shape index (κ3) is 2.89. The first-order valence-electron chi connectivity index (χ1n) is 5.64. The molecule has 1 amide bonds. The maximum Gasteiger partial charge on any atom is 0.414 e. The van der Waals surface area contributed by atoms with Crippen LogP contribution in [0.5, 0.6) is 0 Å². The molecule has 18 heavy (non-hydrogen) atoms. The molecule has 3 N–H and O–H groups in total. The van der Waals surface area contributed by atoms with E-state index in [1.54, 1.807) is 4.90 Å². The Morgan fingerprint density at radius 3 is 3.11 bits per heavy atom. The van der Waals surface area contributed by atoms with E-state index < -0.39 is 0 Å². The number of hydrogen-bond donors (Lipinski definition) is 2. The van der Waals surface area contributed by atoms with E-state index in [2.05, 4.69) is 5.32 Å². The first-order chi connectivity index (χ1) is 8.56. The molecule has 1 aliphatic rings. The Hall–Kier alpha value is -1.82. The van der Waals surface area contributed by atoms with E-state index in [-0.39, 0.29) is 17.3 Å². The molecule has 0 radical (unpaired) electrons. The van der Waals surface area contributed by atoms with Crippen molar-refractivity contribution in [1.82, 2.24) is 5.32 Å². The average molecular weight is 265 g/mol. The second-order valence-electron chi connectivity index (χ2n) is 4.20. The van der Waals surface area contributed by atoms with Gasteiger partial charge in [-0.1, -0.05) is 12.1 Å². The van der Waals surface area contributed by atoms with Crippen LogP contribution < -0.4 is 16.0 Å². The molecular formula is C12H15N3O2S. The number of hydrogen-bond acceptors (Lipinski definition) is 3. The maximum atomic E-state index is 11.8. The van der Waals surface area contributed by atoms with Crippen LogP contribution in [0.1, 0.15) is 5.56 Å². The lowest BCUT2D eigenvalue weighted by molar-refractivity contribution is 0.143. The smallest absolute Gasteiger partial charge is 0.414 e. The summed E-state index contributed by atoms with van der Waals surface area (Å²) in [6.45, 7) is 2.91. The van der Waals surface area contributed by atoms with Crippen molar-refractivity contribution < 1.29 is 9.53 Å². The summed E-state index contributed by atoms with van der Waals surface area (Å²) < 4.78 is 5.23. The molecule has 5 nitrogen and oxygen atoms in total. The number of amides is 1. The van der Waals surface area contributed by atoms with Crippen molar-refractivity contribution in [3.63, 3.8) is 0 Å². The van der Waals surface area contributed by atoms with E-state index in [1.807, 2.05) is 31.2 Å². The molecule has 0 aliphatic carbocycles. The number of ether oxygens (including phenoxy) is 1. The fraction of sp³-hybridized carbons (Fsp3) is 0.333. The monoisotopic (exact) mass is 265 g/mol. The van der Waals surface area contributed by atoms with E-state index in [9.17, 15) is 4.79 Å².